The molecule has 0 aromatic heterocycles. The Hall–Kier alpha value is -1.18. The molecule has 3 atom stereocenters. The summed E-state index contributed by atoms with van der Waals surface area (Å²) in [6.07, 6.45) is 0. The van der Waals surface area contributed by atoms with Crippen LogP contribution in [0.1, 0.15) is 11.1 Å². The highest BCUT2D eigenvalue weighted by molar-refractivity contribution is 8.14. The number of carbonyl (C=O) groups is 1. The predicted molar refractivity (Wildman–Crippen MR) is 91.1 cm³/mol. The SMILES string of the molecule is Cc1ccc(C2=NC([C@@H]3SC[C@H](C(=O)O)N3C)CS2)c(O)c1. The molecule has 1 aromatic carbocycles. The Morgan fingerprint density at radius 1 is 1.41 bits per heavy atom. The predicted octanol–water partition coefficient (Wildman–Crippen LogP) is 2.02. The third-order valence-corrected chi connectivity index (χ3v) is 6.59. The first kappa shape index (κ1) is 15.7. The Morgan fingerprint density at radius 2 is 2.18 bits per heavy atom. The molecule has 2 aliphatic heterocycles. The first-order valence-electron chi connectivity index (χ1n) is 7.04. The Morgan fingerprint density at radius 3 is 2.82 bits per heavy atom. The second kappa shape index (κ2) is 6.14. The number of rotatable bonds is 3. The summed E-state index contributed by atoms with van der Waals surface area (Å²) >= 11 is 3.27. The van der Waals surface area contributed by atoms with Crippen molar-refractivity contribution in [2.45, 2.75) is 24.4 Å². The zero-order valence-corrected chi connectivity index (χ0v) is 14.0. The van der Waals surface area contributed by atoms with Crippen molar-refractivity contribution in [1.82, 2.24) is 4.90 Å². The minimum absolute atomic E-state index is 0.0556. The van der Waals surface area contributed by atoms with Crippen LogP contribution in [0.15, 0.2) is 23.2 Å². The van der Waals surface area contributed by atoms with Gasteiger partial charge in [-0.1, -0.05) is 6.07 Å². The van der Waals surface area contributed by atoms with Gasteiger partial charge in [0.25, 0.3) is 0 Å². The Balaban J connectivity index is 1.79. The standard InChI is InChI=1S/C15H18N2O3S2/c1-8-3-4-9(12(18)5-8)13-16-10(6-21-13)14-17(2)11(7-22-14)15(19)20/h3-5,10-11,14,18H,6-7H2,1-2H3,(H,19,20)/t10?,11-,14+/m1/s1. The number of aliphatic carboxylic acids is 1. The first-order valence-corrected chi connectivity index (χ1v) is 9.07. The molecule has 2 N–H and O–H groups in total. The van der Waals surface area contributed by atoms with Crippen molar-refractivity contribution in [3.63, 3.8) is 0 Å². The number of aromatic hydroxyl groups is 1. The van der Waals surface area contributed by atoms with Gasteiger partial charge in [0.2, 0.25) is 0 Å². The van der Waals surface area contributed by atoms with Crippen LogP contribution in [0.2, 0.25) is 0 Å². The molecule has 22 heavy (non-hydrogen) atoms. The van der Waals surface area contributed by atoms with Crippen molar-refractivity contribution >= 4 is 34.5 Å². The monoisotopic (exact) mass is 338 g/mol. The molecule has 0 spiro atoms. The maximum atomic E-state index is 11.2. The fourth-order valence-corrected chi connectivity index (χ4v) is 5.50. The summed E-state index contributed by atoms with van der Waals surface area (Å²) in [6, 6.07) is 5.21. The molecule has 0 amide bonds. The van der Waals surface area contributed by atoms with Gasteiger partial charge in [0.1, 0.15) is 16.8 Å². The minimum Gasteiger partial charge on any atom is -0.507 e. The molecule has 1 saturated heterocycles. The fourth-order valence-electron chi connectivity index (χ4n) is 2.74. The summed E-state index contributed by atoms with van der Waals surface area (Å²) < 4.78 is 0. The number of benzene rings is 1. The van der Waals surface area contributed by atoms with E-state index >= 15 is 0 Å². The van der Waals surface area contributed by atoms with E-state index in [-0.39, 0.29) is 17.2 Å². The number of thioether (sulfide) groups is 2. The molecule has 2 aliphatic rings. The highest BCUT2D eigenvalue weighted by Gasteiger charge is 2.41. The van der Waals surface area contributed by atoms with Gasteiger partial charge in [-0.25, -0.2) is 0 Å². The van der Waals surface area contributed by atoms with Crippen molar-refractivity contribution in [3.8, 4) is 5.75 Å². The van der Waals surface area contributed by atoms with Gasteiger partial charge < -0.3 is 10.2 Å². The molecule has 0 radical (unpaired) electrons. The van der Waals surface area contributed by atoms with Crippen LogP contribution in [0, 0.1) is 6.92 Å². The molecular weight excluding hydrogens is 320 g/mol. The van der Waals surface area contributed by atoms with Crippen molar-refractivity contribution in [3.05, 3.63) is 29.3 Å². The van der Waals surface area contributed by atoms with Crippen molar-refractivity contribution in [1.29, 1.82) is 0 Å². The van der Waals surface area contributed by atoms with E-state index in [9.17, 15) is 15.0 Å². The lowest BCUT2D eigenvalue weighted by atomic mass is 10.1. The van der Waals surface area contributed by atoms with Crippen LogP contribution in [0.3, 0.4) is 0 Å². The average molecular weight is 338 g/mol. The van der Waals surface area contributed by atoms with Crippen LogP contribution in [0.4, 0.5) is 0 Å². The molecule has 3 rings (SSSR count). The average Bonchev–Trinajstić information content (AvgIpc) is 3.05. The topological polar surface area (TPSA) is 73.1 Å². The lowest BCUT2D eigenvalue weighted by Crippen LogP contribution is -2.42. The van der Waals surface area contributed by atoms with E-state index in [0.717, 1.165) is 21.9 Å². The second-order valence-electron chi connectivity index (χ2n) is 5.58. The largest absolute Gasteiger partial charge is 0.507 e. The fraction of sp³-hybridized carbons (Fsp3) is 0.467. The third-order valence-electron chi connectivity index (χ3n) is 3.99. The van der Waals surface area contributed by atoms with Gasteiger partial charge >= 0.3 is 5.97 Å². The maximum absolute atomic E-state index is 11.2. The number of carboxylic acids is 1. The Kier molecular flexibility index (Phi) is 4.38. The summed E-state index contributed by atoms with van der Waals surface area (Å²) in [5, 5.41) is 20.2. The van der Waals surface area contributed by atoms with Gasteiger partial charge in [-0.15, -0.1) is 23.5 Å². The zero-order chi connectivity index (χ0) is 15.9. The lowest BCUT2D eigenvalue weighted by molar-refractivity contribution is -0.141. The maximum Gasteiger partial charge on any atom is 0.321 e. The number of nitrogens with zero attached hydrogens (tertiary/aromatic N) is 2. The second-order valence-corrected chi connectivity index (χ2v) is 7.73. The van der Waals surface area contributed by atoms with Crippen LogP contribution in [-0.2, 0) is 4.79 Å². The number of phenols is 1. The van der Waals surface area contributed by atoms with E-state index in [1.165, 1.54) is 0 Å². The Labute approximate surface area is 137 Å². The molecule has 0 aliphatic carbocycles. The van der Waals surface area contributed by atoms with E-state index in [1.54, 1.807) is 29.6 Å². The van der Waals surface area contributed by atoms with Gasteiger partial charge in [-0.3, -0.25) is 14.7 Å². The van der Waals surface area contributed by atoms with E-state index < -0.39 is 12.0 Å². The molecule has 1 unspecified atom stereocenters. The van der Waals surface area contributed by atoms with E-state index in [4.69, 9.17) is 4.99 Å². The zero-order valence-electron chi connectivity index (χ0n) is 12.4. The molecule has 0 saturated carbocycles. The van der Waals surface area contributed by atoms with Crippen LogP contribution in [0.25, 0.3) is 0 Å². The molecule has 0 bridgehead atoms. The van der Waals surface area contributed by atoms with Crippen LogP contribution in [-0.4, -0.2) is 62.1 Å². The smallest absolute Gasteiger partial charge is 0.321 e. The number of aliphatic imine (C=N–C) groups is 1. The summed E-state index contributed by atoms with van der Waals surface area (Å²) in [7, 11) is 1.85. The van der Waals surface area contributed by atoms with Crippen LogP contribution < -0.4 is 0 Å². The number of aryl methyl sites for hydroxylation is 1. The molecule has 1 aromatic rings. The molecule has 2 heterocycles. The minimum atomic E-state index is -0.775. The summed E-state index contributed by atoms with van der Waals surface area (Å²) in [4.78, 5) is 17.8. The molecule has 118 valence electrons. The van der Waals surface area contributed by atoms with Crippen LogP contribution >= 0.6 is 23.5 Å². The highest BCUT2D eigenvalue weighted by Crippen LogP contribution is 2.37. The summed E-state index contributed by atoms with van der Waals surface area (Å²) in [6.45, 7) is 1.94. The van der Waals surface area contributed by atoms with Gasteiger partial charge in [0.15, 0.2) is 0 Å². The van der Waals surface area contributed by atoms with E-state index in [2.05, 4.69) is 0 Å². The van der Waals surface area contributed by atoms with Crippen LogP contribution in [0.5, 0.6) is 5.75 Å². The molecule has 7 heteroatoms. The molecule has 1 fully saturated rings. The number of hydrogen-bond acceptors (Lipinski definition) is 6. The third kappa shape index (κ3) is 2.85. The van der Waals surface area contributed by atoms with Gasteiger partial charge in [-0.05, 0) is 31.7 Å². The lowest BCUT2D eigenvalue weighted by Gasteiger charge is -2.24. The van der Waals surface area contributed by atoms with Crippen molar-refractivity contribution < 1.29 is 15.0 Å². The molecule has 5 nitrogen and oxygen atoms in total. The summed E-state index contributed by atoms with van der Waals surface area (Å²) in [5.74, 6) is 0.890. The van der Waals surface area contributed by atoms with Gasteiger partial charge in [-0.2, -0.15) is 0 Å². The number of phenolic OH excluding ortho intramolecular Hbond substituents is 1. The van der Waals surface area contributed by atoms with Gasteiger partial charge in [0.05, 0.1) is 11.4 Å². The summed E-state index contributed by atoms with van der Waals surface area (Å²) in [5.41, 5.74) is 1.77. The first-order chi connectivity index (χ1) is 10.5. The normalized spacial score (nSPS) is 28.8. The quantitative estimate of drug-likeness (QED) is 0.878. The van der Waals surface area contributed by atoms with Gasteiger partial charge in [0, 0.05) is 17.1 Å². The Bertz CT molecular complexity index is 635. The van der Waals surface area contributed by atoms with Crippen molar-refractivity contribution in [2.24, 2.45) is 4.99 Å². The molecular formula is C15H18N2O3S2. The number of carboxylic acid groups (broad SMARTS) is 1. The van der Waals surface area contributed by atoms with E-state index in [1.807, 2.05) is 31.0 Å². The van der Waals surface area contributed by atoms with E-state index in [0.29, 0.717) is 5.75 Å². The van der Waals surface area contributed by atoms with Crippen molar-refractivity contribution in [2.75, 3.05) is 18.6 Å². The number of hydrogen-bond donors (Lipinski definition) is 2. The highest BCUT2D eigenvalue weighted by atomic mass is 32.2. The number of likely N-dealkylation sites (N-methyl/N-ethyl adjacent to an activating group) is 1.